The first-order valence-corrected chi connectivity index (χ1v) is 5.42. The molecule has 0 aliphatic carbocycles. The number of ether oxygens (including phenoxy) is 1. The zero-order chi connectivity index (χ0) is 13.1. The molecule has 0 aliphatic rings. The van der Waals surface area contributed by atoms with Gasteiger partial charge in [0.2, 0.25) is 5.82 Å². The first-order valence-electron chi connectivity index (χ1n) is 5.04. The van der Waals surface area contributed by atoms with Crippen LogP contribution in [0.25, 0.3) is 11.4 Å². The number of benzene rings is 1. The number of esters is 1. The van der Waals surface area contributed by atoms with Gasteiger partial charge < -0.3 is 4.74 Å². The van der Waals surface area contributed by atoms with E-state index in [0.717, 1.165) is 0 Å². The molecule has 0 amide bonds. The fraction of sp³-hybridized carbons (Fsp3) is 0.182. The topological polar surface area (TPSA) is 77.9 Å². The fourth-order valence-electron chi connectivity index (χ4n) is 1.38. The quantitative estimate of drug-likeness (QED) is 0.768. The van der Waals surface area contributed by atoms with Crippen molar-refractivity contribution in [2.24, 2.45) is 0 Å². The zero-order valence-corrected chi connectivity index (χ0v) is 10.5. The largest absolute Gasteiger partial charge is 0.465 e. The van der Waals surface area contributed by atoms with Crippen molar-refractivity contribution in [1.82, 2.24) is 20.4 Å². The van der Waals surface area contributed by atoms with Gasteiger partial charge in [-0.15, -0.1) is 20.4 Å². The van der Waals surface area contributed by atoms with Gasteiger partial charge in [-0.1, -0.05) is 11.6 Å². The molecule has 7 heteroatoms. The van der Waals surface area contributed by atoms with Gasteiger partial charge in [-0.3, -0.25) is 0 Å². The Morgan fingerprint density at radius 3 is 2.50 bits per heavy atom. The van der Waals surface area contributed by atoms with Crippen LogP contribution in [0.4, 0.5) is 0 Å². The van der Waals surface area contributed by atoms with Crippen LogP contribution < -0.4 is 0 Å². The molecule has 0 radical (unpaired) electrons. The predicted molar refractivity (Wildman–Crippen MR) is 64.1 cm³/mol. The third-order valence-electron chi connectivity index (χ3n) is 2.21. The molecule has 0 bridgehead atoms. The predicted octanol–water partition coefficient (Wildman–Crippen LogP) is 1.68. The number of carbonyl (C=O) groups is 1. The van der Waals surface area contributed by atoms with E-state index >= 15 is 0 Å². The summed E-state index contributed by atoms with van der Waals surface area (Å²) in [6, 6.07) is 4.75. The molecular weight excluding hydrogens is 256 g/mol. The summed E-state index contributed by atoms with van der Waals surface area (Å²) in [4.78, 5) is 11.6. The van der Waals surface area contributed by atoms with Gasteiger partial charge in [0.1, 0.15) is 0 Å². The maximum absolute atomic E-state index is 11.6. The number of hydrogen-bond acceptors (Lipinski definition) is 6. The second kappa shape index (κ2) is 5.05. The summed E-state index contributed by atoms with van der Waals surface area (Å²) >= 11 is 5.85. The third kappa shape index (κ3) is 2.43. The maximum Gasteiger partial charge on any atom is 0.338 e. The second-order valence-electron chi connectivity index (χ2n) is 3.45. The van der Waals surface area contributed by atoms with Crippen molar-refractivity contribution in [2.75, 3.05) is 7.11 Å². The van der Waals surface area contributed by atoms with Gasteiger partial charge in [-0.05, 0) is 25.1 Å². The highest BCUT2D eigenvalue weighted by Crippen LogP contribution is 2.23. The summed E-state index contributed by atoms with van der Waals surface area (Å²) in [6.07, 6.45) is 0. The van der Waals surface area contributed by atoms with E-state index in [0.29, 0.717) is 16.4 Å². The molecule has 2 aromatic rings. The van der Waals surface area contributed by atoms with Crippen LogP contribution >= 0.6 is 11.6 Å². The molecule has 18 heavy (non-hydrogen) atoms. The Hall–Kier alpha value is -2.08. The summed E-state index contributed by atoms with van der Waals surface area (Å²) < 4.78 is 4.68. The number of methoxy groups -OCH3 is 1. The van der Waals surface area contributed by atoms with Crippen molar-refractivity contribution in [2.45, 2.75) is 6.92 Å². The summed E-state index contributed by atoms with van der Waals surface area (Å²) in [5.41, 5.74) is 0.753. The van der Waals surface area contributed by atoms with E-state index in [4.69, 9.17) is 11.6 Å². The SMILES string of the molecule is COC(=O)c1cc(Cl)ccc1-c1nnc(C)nn1. The Labute approximate surface area is 108 Å². The van der Waals surface area contributed by atoms with E-state index in [2.05, 4.69) is 25.1 Å². The van der Waals surface area contributed by atoms with Crippen molar-refractivity contribution in [3.05, 3.63) is 34.6 Å². The third-order valence-corrected chi connectivity index (χ3v) is 2.44. The Morgan fingerprint density at radius 1 is 1.22 bits per heavy atom. The van der Waals surface area contributed by atoms with Gasteiger partial charge in [0.25, 0.3) is 0 Å². The van der Waals surface area contributed by atoms with Crippen molar-refractivity contribution < 1.29 is 9.53 Å². The Morgan fingerprint density at radius 2 is 1.89 bits per heavy atom. The lowest BCUT2D eigenvalue weighted by atomic mass is 10.1. The molecule has 0 aliphatic heterocycles. The van der Waals surface area contributed by atoms with Gasteiger partial charge in [-0.25, -0.2) is 4.79 Å². The van der Waals surface area contributed by atoms with Crippen LogP contribution in [-0.2, 0) is 4.74 Å². The van der Waals surface area contributed by atoms with Crippen molar-refractivity contribution >= 4 is 17.6 Å². The lowest BCUT2D eigenvalue weighted by Crippen LogP contribution is -2.06. The summed E-state index contributed by atoms with van der Waals surface area (Å²) in [5.74, 6) is 0.182. The van der Waals surface area contributed by atoms with E-state index < -0.39 is 5.97 Å². The van der Waals surface area contributed by atoms with Crippen LogP contribution in [0.2, 0.25) is 5.02 Å². The van der Waals surface area contributed by atoms with E-state index in [9.17, 15) is 4.79 Å². The zero-order valence-electron chi connectivity index (χ0n) is 9.72. The molecule has 0 spiro atoms. The molecule has 0 atom stereocenters. The lowest BCUT2D eigenvalue weighted by molar-refractivity contribution is 0.0601. The smallest absolute Gasteiger partial charge is 0.338 e. The van der Waals surface area contributed by atoms with Crippen molar-refractivity contribution in [3.63, 3.8) is 0 Å². The second-order valence-corrected chi connectivity index (χ2v) is 3.89. The minimum absolute atomic E-state index is 0.248. The number of aryl methyl sites for hydroxylation is 1. The van der Waals surface area contributed by atoms with Crippen LogP contribution in [0.15, 0.2) is 18.2 Å². The minimum Gasteiger partial charge on any atom is -0.465 e. The van der Waals surface area contributed by atoms with E-state index in [1.807, 2.05) is 0 Å². The number of rotatable bonds is 2. The molecule has 0 fully saturated rings. The molecule has 0 unspecified atom stereocenters. The highest BCUT2D eigenvalue weighted by molar-refractivity contribution is 6.31. The van der Waals surface area contributed by atoms with Crippen molar-refractivity contribution in [1.29, 1.82) is 0 Å². The van der Waals surface area contributed by atoms with Gasteiger partial charge in [0, 0.05) is 10.6 Å². The number of hydrogen-bond donors (Lipinski definition) is 0. The van der Waals surface area contributed by atoms with Crippen LogP contribution in [-0.4, -0.2) is 33.5 Å². The Kier molecular flexibility index (Phi) is 3.47. The first-order chi connectivity index (χ1) is 8.61. The number of nitrogens with zero attached hydrogens (tertiary/aromatic N) is 4. The van der Waals surface area contributed by atoms with Crippen molar-refractivity contribution in [3.8, 4) is 11.4 Å². The summed E-state index contributed by atoms with van der Waals surface area (Å²) in [7, 11) is 1.29. The van der Waals surface area contributed by atoms with E-state index in [1.165, 1.54) is 13.2 Å². The van der Waals surface area contributed by atoms with Gasteiger partial charge in [0.15, 0.2) is 5.82 Å². The molecule has 1 aromatic heterocycles. The van der Waals surface area contributed by atoms with Gasteiger partial charge >= 0.3 is 5.97 Å². The molecular formula is C11H9ClN4O2. The highest BCUT2D eigenvalue weighted by Gasteiger charge is 2.16. The maximum atomic E-state index is 11.6. The lowest BCUT2D eigenvalue weighted by Gasteiger charge is -2.06. The Bertz CT molecular complexity index is 586. The average molecular weight is 265 g/mol. The highest BCUT2D eigenvalue weighted by atomic mass is 35.5. The molecule has 6 nitrogen and oxygen atoms in total. The standard InChI is InChI=1S/C11H9ClN4O2/c1-6-13-15-10(16-14-6)8-4-3-7(12)5-9(8)11(17)18-2/h3-5H,1-2H3. The molecule has 1 aromatic carbocycles. The fourth-order valence-corrected chi connectivity index (χ4v) is 1.55. The number of carbonyl (C=O) groups excluding carboxylic acids is 1. The molecule has 0 saturated heterocycles. The van der Waals surface area contributed by atoms with Gasteiger partial charge in [-0.2, -0.15) is 0 Å². The average Bonchev–Trinajstić information content (AvgIpc) is 2.39. The molecule has 1 heterocycles. The molecule has 0 saturated carbocycles. The van der Waals surface area contributed by atoms with Crippen LogP contribution in [0.5, 0.6) is 0 Å². The normalized spacial score (nSPS) is 10.2. The van der Waals surface area contributed by atoms with Crippen LogP contribution in [0, 0.1) is 6.92 Å². The van der Waals surface area contributed by atoms with Crippen LogP contribution in [0.1, 0.15) is 16.2 Å². The molecule has 0 N–H and O–H groups in total. The van der Waals surface area contributed by atoms with Gasteiger partial charge in [0.05, 0.1) is 12.7 Å². The number of aromatic nitrogens is 4. The van der Waals surface area contributed by atoms with E-state index in [1.54, 1.807) is 19.1 Å². The minimum atomic E-state index is -0.517. The Balaban J connectivity index is 2.56. The molecule has 92 valence electrons. The monoisotopic (exact) mass is 264 g/mol. The molecule has 2 rings (SSSR count). The summed E-state index contributed by atoms with van der Waals surface area (Å²) in [6.45, 7) is 1.67. The number of halogens is 1. The first kappa shape index (κ1) is 12.4. The van der Waals surface area contributed by atoms with Crippen LogP contribution in [0.3, 0.4) is 0 Å². The van der Waals surface area contributed by atoms with E-state index in [-0.39, 0.29) is 11.4 Å². The summed E-state index contributed by atoms with van der Waals surface area (Å²) in [5, 5.41) is 15.8.